The predicted octanol–water partition coefficient (Wildman–Crippen LogP) is 3.21. The largest absolute Gasteiger partial charge is 0.488 e. The van der Waals surface area contributed by atoms with E-state index in [1.54, 1.807) is 0 Å². The van der Waals surface area contributed by atoms with Crippen molar-refractivity contribution in [3.63, 3.8) is 0 Å². The molecule has 0 amide bonds. The van der Waals surface area contributed by atoms with Gasteiger partial charge in [0.15, 0.2) is 5.96 Å². The standard InChI is InChI=1S/C20H33N3O2.HI/c1-4-21-20(22-13-16(9-10-24)11-15(2)3)23-14-18-12-17-7-5-6-8-19(17)25-18;/h5-8,15-16,18,24H,4,9-14H2,1-3H3,(H2,21,22,23);1H. The monoisotopic (exact) mass is 475 g/mol. The van der Waals surface area contributed by atoms with E-state index in [9.17, 15) is 5.11 Å². The lowest BCUT2D eigenvalue weighted by Crippen LogP contribution is -2.42. The Balaban J connectivity index is 0.00000338. The van der Waals surface area contributed by atoms with E-state index < -0.39 is 0 Å². The molecule has 2 atom stereocenters. The summed E-state index contributed by atoms with van der Waals surface area (Å²) in [5, 5.41) is 16.0. The van der Waals surface area contributed by atoms with Gasteiger partial charge in [0.1, 0.15) is 11.9 Å². The highest BCUT2D eigenvalue weighted by Gasteiger charge is 2.22. The number of guanidine groups is 1. The van der Waals surface area contributed by atoms with Gasteiger partial charge in [-0.2, -0.15) is 0 Å². The fourth-order valence-corrected chi connectivity index (χ4v) is 3.27. The summed E-state index contributed by atoms with van der Waals surface area (Å²) in [7, 11) is 0. The molecule has 0 aliphatic carbocycles. The minimum absolute atomic E-state index is 0. The average Bonchev–Trinajstić information content (AvgIpc) is 2.99. The molecule has 5 nitrogen and oxygen atoms in total. The van der Waals surface area contributed by atoms with Crippen LogP contribution < -0.4 is 15.4 Å². The fourth-order valence-electron chi connectivity index (χ4n) is 3.27. The second kappa shape index (κ2) is 12.4. The lowest BCUT2D eigenvalue weighted by Gasteiger charge is -2.18. The third-order valence-corrected chi connectivity index (χ3v) is 4.40. The molecule has 0 radical (unpaired) electrons. The normalized spacial score (nSPS) is 17.3. The molecule has 0 aromatic heterocycles. The molecular weight excluding hydrogens is 441 g/mol. The molecule has 3 N–H and O–H groups in total. The van der Waals surface area contributed by atoms with Crippen molar-refractivity contribution < 1.29 is 9.84 Å². The second-order valence-corrected chi connectivity index (χ2v) is 7.16. The van der Waals surface area contributed by atoms with Crippen molar-refractivity contribution in [2.24, 2.45) is 16.8 Å². The van der Waals surface area contributed by atoms with Crippen LogP contribution in [0.15, 0.2) is 29.3 Å². The molecule has 0 saturated carbocycles. The Bertz CT molecular complexity index is 527. The van der Waals surface area contributed by atoms with E-state index in [-0.39, 0.29) is 36.7 Å². The van der Waals surface area contributed by atoms with Crippen LogP contribution in [0.4, 0.5) is 0 Å². The molecule has 0 fully saturated rings. The number of halogens is 1. The topological polar surface area (TPSA) is 65.9 Å². The molecule has 2 unspecified atom stereocenters. The number of nitrogens with one attached hydrogen (secondary N) is 2. The number of fused-ring (bicyclic) bond motifs is 1. The summed E-state index contributed by atoms with van der Waals surface area (Å²) in [6.07, 6.45) is 2.97. The zero-order chi connectivity index (χ0) is 18.1. The molecule has 0 spiro atoms. The Labute approximate surface area is 175 Å². The number of aliphatic imine (C=N–C) groups is 1. The summed E-state index contributed by atoms with van der Waals surface area (Å²) in [4.78, 5) is 4.72. The van der Waals surface area contributed by atoms with Crippen molar-refractivity contribution in [3.05, 3.63) is 29.8 Å². The number of para-hydroxylation sites is 1. The Morgan fingerprint density at radius 2 is 2.08 bits per heavy atom. The highest BCUT2D eigenvalue weighted by molar-refractivity contribution is 14.0. The van der Waals surface area contributed by atoms with Crippen LogP contribution >= 0.6 is 24.0 Å². The van der Waals surface area contributed by atoms with E-state index in [1.165, 1.54) is 5.56 Å². The molecule has 0 saturated heterocycles. The Morgan fingerprint density at radius 3 is 2.73 bits per heavy atom. The first-order valence-corrected chi connectivity index (χ1v) is 9.50. The van der Waals surface area contributed by atoms with Gasteiger partial charge in [-0.25, -0.2) is 0 Å². The highest BCUT2D eigenvalue weighted by Crippen LogP contribution is 2.27. The van der Waals surface area contributed by atoms with E-state index in [0.29, 0.717) is 11.8 Å². The summed E-state index contributed by atoms with van der Waals surface area (Å²) in [6, 6.07) is 8.22. The SMILES string of the molecule is CCNC(=NCC(CCO)CC(C)C)NCC1Cc2ccccc2O1.I. The van der Waals surface area contributed by atoms with Crippen molar-refractivity contribution >= 4 is 29.9 Å². The minimum atomic E-state index is 0. The molecule has 0 bridgehead atoms. The lowest BCUT2D eigenvalue weighted by atomic mass is 9.94. The van der Waals surface area contributed by atoms with Crippen molar-refractivity contribution in [1.82, 2.24) is 10.6 Å². The molecule has 1 aromatic rings. The number of benzene rings is 1. The predicted molar refractivity (Wildman–Crippen MR) is 119 cm³/mol. The minimum Gasteiger partial charge on any atom is -0.488 e. The molecular formula is C20H34IN3O2. The zero-order valence-corrected chi connectivity index (χ0v) is 18.5. The number of hydrogen-bond acceptors (Lipinski definition) is 3. The molecule has 1 heterocycles. The summed E-state index contributed by atoms with van der Waals surface area (Å²) in [5.41, 5.74) is 1.27. The Hall–Kier alpha value is -1.02. The van der Waals surface area contributed by atoms with Gasteiger partial charge in [-0.1, -0.05) is 32.0 Å². The van der Waals surface area contributed by atoms with Crippen LogP contribution in [0.2, 0.25) is 0 Å². The number of nitrogens with zero attached hydrogens (tertiary/aromatic N) is 1. The summed E-state index contributed by atoms with van der Waals surface area (Å²) < 4.78 is 5.97. The van der Waals surface area contributed by atoms with Crippen molar-refractivity contribution in [2.75, 3.05) is 26.2 Å². The van der Waals surface area contributed by atoms with Crippen molar-refractivity contribution in [3.8, 4) is 5.75 Å². The van der Waals surface area contributed by atoms with Crippen molar-refractivity contribution in [1.29, 1.82) is 0 Å². The molecule has 1 aliphatic heterocycles. The summed E-state index contributed by atoms with van der Waals surface area (Å²) in [6.45, 7) is 9.02. The first-order chi connectivity index (χ1) is 12.1. The van der Waals surface area contributed by atoms with Gasteiger partial charge in [-0.05, 0) is 43.2 Å². The highest BCUT2D eigenvalue weighted by atomic mass is 127. The maximum Gasteiger partial charge on any atom is 0.191 e. The van der Waals surface area contributed by atoms with E-state index in [1.807, 2.05) is 12.1 Å². The third-order valence-electron chi connectivity index (χ3n) is 4.40. The first-order valence-electron chi connectivity index (χ1n) is 9.50. The summed E-state index contributed by atoms with van der Waals surface area (Å²) in [5.74, 6) is 2.87. The number of hydrogen-bond donors (Lipinski definition) is 3. The van der Waals surface area contributed by atoms with Gasteiger partial charge in [-0.15, -0.1) is 24.0 Å². The molecule has 148 valence electrons. The Morgan fingerprint density at radius 1 is 1.31 bits per heavy atom. The third kappa shape index (κ3) is 7.70. The number of aliphatic hydroxyl groups excluding tert-OH is 1. The van der Waals surface area contributed by atoms with Gasteiger partial charge in [0, 0.05) is 26.1 Å². The van der Waals surface area contributed by atoms with Gasteiger partial charge in [0.2, 0.25) is 0 Å². The lowest BCUT2D eigenvalue weighted by molar-refractivity contribution is 0.234. The van der Waals surface area contributed by atoms with Gasteiger partial charge in [0.25, 0.3) is 0 Å². The van der Waals surface area contributed by atoms with Crippen LogP contribution in [-0.2, 0) is 6.42 Å². The van der Waals surface area contributed by atoms with Crippen LogP contribution in [0.5, 0.6) is 5.75 Å². The van der Waals surface area contributed by atoms with E-state index in [4.69, 9.17) is 9.73 Å². The zero-order valence-electron chi connectivity index (χ0n) is 16.2. The smallest absolute Gasteiger partial charge is 0.191 e. The number of aliphatic hydroxyl groups is 1. The quantitative estimate of drug-likeness (QED) is 0.292. The second-order valence-electron chi connectivity index (χ2n) is 7.16. The van der Waals surface area contributed by atoms with Crippen LogP contribution in [0.1, 0.15) is 39.2 Å². The van der Waals surface area contributed by atoms with Crippen LogP contribution in [0.25, 0.3) is 0 Å². The maximum atomic E-state index is 9.25. The molecule has 6 heteroatoms. The summed E-state index contributed by atoms with van der Waals surface area (Å²) >= 11 is 0. The van der Waals surface area contributed by atoms with Gasteiger partial charge < -0.3 is 20.5 Å². The average molecular weight is 475 g/mol. The van der Waals surface area contributed by atoms with Gasteiger partial charge in [-0.3, -0.25) is 4.99 Å². The molecule has 1 aromatic carbocycles. The maximum absolute atomic E-state index is 9.25. The van der Waals surface area contributed by atoms with E-state index in [2.05, 4.69) is 43.5 Å². The number of rotatable bonds is 9. The van der Waals surface area contributed by atoms with Gasteiger partial charge in [0.05, 0.1) is 6.54 Å². The van der Waals surface area contributed by atoms with Crippen molar-refractivity contribution in [2.45, 2.75) is 46.1 Å². The first kappa shape index (κ1) is 23.0. The van der Waals surface area contributed by atoms with Gasteiger partial charge >= 0.3 is 0 Å². The van der Waals surface area contributed by atoms with Crippen LogP contribution in [0.3, 0.4) is 0 Å². The molecule has 2 rings (SSSR count). The Kier molecular flexibility index (Phi) is 11.0. The van der Waals surface area contributed by atoms with E-state index in [0.717, 1.165) is 50.6 Å². The molecule has 26 heavy (non-hydrogen) atoms. The van der Waals surface area contributed by atoms with Crippen LogP contribution in [0, 0.1) is 11.8 Å². The van der Waals surface area contributed by atoms with Crippen LogP contribution in [-0.4, -0.2) is 43.4 Å². The molecule has 1 aliphatic rings. The number of ether oxygens (including phenoxy) is 1. The fraction of sp³-hybridized carbons (Fsp3) is 0.650. The van der Waals surface area contributed by atoms with E-state index >= 15 is 0 Å².